The Bertz CT molecular complexity index is 828. The van der Waals surface area contributed by atoms with Gasteiger partial charge in [-0.25, -0.2) is 8.42 Å². The highest BCUT2D eigenvalue weighted by atomic mass is 32.2. The lowest BCUT2D eigenvalue weighted by Crippen LogP contribution is -2.45. The van der Waals surface area contributed by atoms with Crippen LogP contribution in [-0.4, -0.2) is 56.2 Å². The molecule has 1 N–H and O–H groups in total. The molecule has 1 heterocycles. The SMILES string of the molecule is CC(=O)c1ccc(S(=O)(=O)N[C@@H](C)C(=O)O[C@@H](C)C(=O)N2CCCCC2)cc1. The normalized spacial score (nSPS) is 16.9. The number of carbonyl (C=O) groups is 3. The van der Waals surface area contributed by atoms with Gasteiger partial charge in [0.25, 0.3) is 5.91 Å². The molecule has 0 saturated carbocycles. The highest BCUT2D eigenvalue weighted by molar-refractivity contribution is 7.89. The number of hydrogen-bond donors (Lipinski definition) is 1. The number of carbonyl (C=O) groups excluding carboxylic acids is 3. The van der Waals surface area contributed by atoms with Gasteiger partial charge in [-0.3, -0.25) is 14.4 Å². The van der Waals surface area contributed by atoms with E-state index in [4.69, 9.17) is 4.74 Å². The molecule has 0 bridgehead atoms. The second-order valence-electron chi connectivity index (χ2n) is 6.89. The lowest BCUT2D eigenvalue weighted by Gasteiger charge is -2.29. The van der Waals surface area contributed by atoms with Gasteiger partial charge < -0.3 is 9.64 Å². The van der Waals surface area contributed by atoms with Crippen molar-refractivity contribution in [3.05, 3.63) is 29.8 Å². The summed E-state index contributed by atoms with van der Waals surface area (Å²) in [7, 11) is -3.98. The number of piperidine rings is 1. The van der Waals surface area contributed by atoms with E-state index < -0.39 is 28.1 Å². The van der Waals surface area contributed by atoms with Gasteiger partial charge in [-0.1, -0.05) is 12.1 Å². The average Bonchev–Trinajstić information content (AvgIpc) is 2.67. The topological polar surface area (TPSA) is 110 Å². The fourth-order valence-electron chi connectivity index (χ4n) is 2.92. The number of ketones is 1. The van der Waals surface area contributed by atoms with Crippen LogP contribution in [0.3, 0.4) is 0 Å². The van der Waals surface area contributed by atoms with Gasteiger partial charge in [0.05, 0.1) is 4.90 Å². The predicted molar refractivity (Wildman–Crippen MR) is 102 cm³/mol. The van der Waals surface area contributed by atoms with Crippen LogP contribution in [0.4, 0.5) is 0 Å². The summed E-state index contributed by atoms with van der Waals surface area (Å²) in [6.07, 6.45) is 1.94. The molecule has 0 spiro atoms. The minimum Gasteiger partial charge on any atom is -0.451 e. The molecular weight excluding hydrogens is 384 g/mol. The molecule has 154 valence electrons. The fraction of sp³-hybridized carbons (Fsp3) is 0.526. The summed E-state index contributed by atoms with van der Waals surface area (Å²) < 4.78 is 32.2. The Balaban J connectivity index is 1.96. The molecule has 1 aliphatic rings. The van der Waals surface area contributed by atoms with Crippen LogP contribution in [0.1, 0.15) is 50.4 Å². The minimum absolute atomic E-state index is 0.0745. The van der Waals surface area contributed by atoms with E-state index in [0.29, 0.717) is 18.7 Å². The van der Waals surface area contributed by atoms with Gasteiger partial charge in [0.1, 0.15) is 6.04 Å². The summed E-state index contributed by atoms with van der Waals surface area (Å²) in [5.41, 5.74) is 0.386. The molecule has 2 atom stereocenters. The summed E-state index contributed by atoms with van der Waals surface area (Å²) in [5, 5.41) is 0. The molecule has 1 amide bonds. The molecule has 1 fully saturated rings. The molecule has 2 rings (SSSR count). The molecule has 0 aliphatic carbocycles. The van der Waals surface area contributed by atoms with Crippen LogP contribution in [0, 0.1) is 0 Å². The van der Waals surface area contributed by atoms with E-state index in [0.717, 1.165) is 19.3 Å². The van der Waals surface area contributed by atoms with Crippen molar-refractivity contribution in [1.29, 1.82) is 0 Å². The lowest BCUT2D eigenvalue weighted by atomic mass is 10.1. The maximum Gasteiger partial charge on any atom is 0.324 e. The maximum atomic E-state index is 12.4. The summed E-state index contributed by atoms with van der Waals surface area (Å²) in [6.45, 7) is 5.49. The quantitative estimate of drug-likeness (QED) is 0.539. The number of nitrogens with zero attached hydrogens (tertiary/aromatic N) is 1. The summed E-state index contributed by atoms with van der Waals surface area (Å²) in [4.78, 5) is 37.4. The van der Waals surface area contributed by atoms with E-state index in [2.05, 4.69) is 4.72 Å². The van der Waals surface area contributed by atoms with E-state index in [1.54, 1.807) is 4.90 Å². The molecule has 1 aromatic rings. The monoisotopic (exact) mass is 410 g/mol. The Kier molecular flexibility index (Phi) is 7.31. The molecule has 0 aromatic heterocycles. The largest absolute Gasteiger partial charge is 0.451 e. The zero-order valence-corrected chi connectivity index (χ0v) is 17.1. The molecule has 1 saturated heterocycles. The smallest absolute Gasteiger partial charge is 0.324 e. The molecule has 1 aromatic carbocycles. The van der Waals surface area contributed by atoms with Crippen molar-refractivity contribution < 1.29 is 27.5 Å². The van der Waals surface area contributed by atoms with Crippen LogP contribution in [0.2, 0.25) is 0 Å². The summed E-state index contributed by atoms with van der Waals surface area (Å²) in [5.74, 6) is -1.29. The number of nitrogens with one attached hydrogen (secondary N) is 1. The van der Waals surface area contributed by atoms with Gasteiger partial charge in [0, 0.05) is 18.7 Å². The van der Waals surface area contributed by atoms with Crippen LogP contribution in [0.5, 0.6) is 0 Å². The van der Waals surface area contributed by atoms with Crippen LogP contribution in [-0.2, 0) is 24.3 Å². The molecule has 28 heavy (non-hydrogen) atoms. The number of amides is 1. The lowest BCUT2D eigenvalue weighted by molar-refractivity contribution is -0.160. The second kappa shape index (κ2) is 9.29. The van der Waals surface area contributed by atoms with Crippen LogP contribution >= 0.6 is 0 Å². The second-order valence-corrected chi connectivity index (χ2v) is 8.60. The van der Waals surface area contributed by atoms with E-state index in [1.807, 2.05) is 0 Å². The van der Waals surface area contributed by atoms with Crippen molar-refractivity contribution in [1.82, 2.24) is 9.62 Å². The molecular formula is C19H26N2O6S. The van der Waals surface area contributed by atoms with Gasteiger partial charge >= 0.3 is 5.97 Å². The Morgan fingerprint density at radius 3 is 2.14 bits per heavy atom. The number of likely N-dealkylation sites (tertiary alicyclic amines) is 1. The molecule has 0 unspecified atom stereocenters. The Morgan fingerprint density at radius 2 is 1.61 bits per heavy atom. The van der Waals surface area contributed by atoms with Gasteiger partial charge in [0.2, 0.25) is 10.0 Å². The van der Waals surface area contributed by atoms with E-state index in [-0.39, 0.29) is 16.6 Å². The van der Waals surface area contributed by atoms with Crippen molar-refractivity contribution >= 4 is 27.7 Å². The van der Waals surface area contributed by atoms with E-state index >= 15 is 0 Å². The van der Waals surface area contributed by atoms with E-state index in [9.17, 15) is 22.8 Å². The zero-order chi connectivity index (χ0) is 20.9. The summed E-state index contributed by atoms with van der Waals surface area (Å²) >= 11 is 0. The molecule has 8 nitrogen and oxygen atoms in total. The van der Waals surface area contributed by atoms with Crippen LogP contribution in [0.15, 0.2) is 29.2 Å². The highest BCUT2D eigenvalue weighted by Crippen LogP contribution is 2.13. The zero-order valence-electron chi connectivity index (χ0n) is 16.3. The standard InChI is InChI=1S/C19H26N2O6S/c1-13(19(24)27-15(3)18(23)21-11-5-4-6-12-21)20-28(25,26)17-9-7-16(8-10-17)14(2)22/h7-10,13,15,20H,4-6,11-12H2,1-3H3/t13-,15-/m0/s1. The first-order valence-corrected chi connectivity index (χ1v) is 10.7. The number of ether oxygens (including phenoxy) is 1. The van der Waals surface area contributed by atoms with Gasteiger partial charge in [-0.05, 0) is 52.2 Å². The number of sulfonamides is 1. The third-order valence-electron chi connectivity index (χ3n) is 4.57. The van der Waals surface area contributed by atoms with Gasteiger partial charge in [-0.2, -0.15) is 4.72 Å². The van der Waals surface area contributed by atoms with E-state index in [1.165, 1.54) is 45.0 Å². The number of Topliss-reactive ketones (excluding diaryl/α,β-unsaturated/α-hetero) is 1. The van der Waals surface area contributed by atoms with Crippen molar-refractivity contribution in [3.8, 4) is 0 Å². The molecule has 0 radical (unpaired) electrons. The van der Waals surface area contributed by atoms with Gasteiger partial charge in [0.15, 0.2) is 11.9 Å². The highest BCUT2D eigenvalue weighted by Gasteiger charge is 2.29. The first kappa shape index (κ1) is 22.0. The maximum absolute atomic E-state index is 12.4. The van der Waals surface area contributed by atoms with Crippen molar-refractivity contribution in [2.75, 3.05) is 13.1 Å². The van der Waals surface area contributed by atoms with Crippen molar-refractivity contribution in [2.24, 2.45) is 0 Å². The first-order valence-electron chi connectivity index (χ1n) is 9.24. The minimum atomic E-state index is -3.98. The third kappa shape index (κ3) is 5.62. The van der Waals surface area contributed by atoms with Crippen molar-refractivity contribution in [2.45, 2.75) is 57.1 Å². The average molecular weight is 410 g/mol. The number of esters is 1. The van der Waals surface area contributed by atoms with Gasteiger partial charge in [-0.15, -0.1) is 0 Å². The van der Waals surface area contributed by atoms with Crippen LogP contribution in [0.25, 0.3) is 0 Å². The van der Waals surface area contributed by atoms with Crippen LogP contribution < -0.4 is 4.72 Å². The van der Waals surface area contributed by atoms with Crippen molar-refractivity contribution in [3.63, 3.8) is 0 Å². The molecule has 1 aliphatic heterocycles. The number of benzene rings is 1. The Morgan fingerprint density at radius 1 is 1.04 bits per heavy atom. The first-order chi connectivity index (χ1) is 13.1. The number of hydrogen-bond acceptors (Lipinski definition) is 6. The third-order valence-corrected chi connectivity index (χ3v) is 6.12. The fourth-order valence-corrected chi connectivity index (χ4v) is 4.11. The molecule has 9 heteroatoms. The predicted octanol–water partition coefficient (Wildman–Crippen LogP) is 1.50. The number of rotatable bonds is 7. The Hall–Kier alpha value is -2.26. The summed E-state index contributed by atoms with van der Waals surface area (Å²) in [6, 6.07) is 4.21. The Labute approximate surface area is 165 Å².